The molecule has 2 aliphatic heterocycles. The molecule has 1 fully saturated rings. The standard InChI is InChI=1S/C9H17N3O/c1-8-6-12(4-5-13-8)7-9-10-2-3-11-9/h8H,2-7H2,1H3,(H,10,11). The number of rotatable bonds is 2. The molecule has 2 aliphatic rings. The van der Waals surface area contributed by atoms with Crippen molar-refractivity contribution in [2.45, 2.75) is 13.0 Å². The van der Waals surface area contributed by atoms with Gasteiger partial charge in [0.2, 0.25) is 0 Å². The molecule has 1 N–H and O–H groups in total. The predicted octanol–water partition coefficient (Wildman–Crippen LogP) is -0.291. The maximum atomic E-state index is 5.47. The molecule has 0 spiro atoms. The van der Waals surface area contributed by atoms with Crippen molar-refractivity contribution in [3.8, 4) is 0 Å². The van der Waals surface area contributed by atoms with Gasteiger partial charge in [-0.15, -0.1) is 0 Å². The Morgan fingerprint density at radius 1 is 1.69 bits per heavy atom. The molecule has 0 saturated carbocycles. The Balaban J connectivity index is 1.80. The highest BCUT2D eigenvalue weighted by Crippen LogP contribution is 2.04. The Labute approximate surface area is 79.0 Å². The molecule has 0 aromatic carbocycles. The minimum Gasteiger partial charge on any atom is -0.376 e. The molecule has 2 rings (SSSR count). The van der Waals surface area contributed by atoms with Crippen molar-refractivity contribution in [3.05, 3.63) is 0 Å². The predicted molar refractivity (Wildman–Crippen MR) is 52.2 cm³/mol. The number of hydrogen-bond acceptors (Lipinski definition) is 4. The number of ether oxygens (including phenoxy) is 1. The van der Waals surface area contributed by atoms with Gasteiger partial charge < -0.3 is 10.1 Å². The van der Waals surface area contributed by atoms with Crippen LogP contribution in [0.4, 0.5) is 0 Å². The molecule has 13 heavy (non-hydrogen) atoms. The lowest BCUT2D eigenvalue weighted by atomic mass is 10.3. The van der Waals surface area contributed by atoms with E-state index in [-0.39, 0.29) is 0 Å². The summed E-state index contributed by atoms with van der Waals surface area (Å²) >= 11 is 0. The van der Waals surface area contributed by atoms with Gasteiger partial charge in [0.05, 0.1) is 25.8 Å². The van der Waals surface area contributed by atoms with Crippen molar-refractivity contribution >= 4 is 5.84 Å². The molecular weight excluding hydrogens is 166 g/mol. The maximum absolute atomic E-state index is 5.47. The van der Waals surface area contributed by atoms with Crippen molar-refractivity contribution in [1.29, 1.82) is 0 Å². The summed E-state index contributed by atoms with van der Waals surface area (Å²) in [7, 11) is 0. The second kappa shape index (κ2) is 4.07. The first-order valence-electron chi connectivity index (χ1n) is 4.96. The van der Waals surface area contributed by atoms with Gasteiger partial charge in [-0.2, -0.15) is 0 Å². The Morgan fingerprint density at radius 2 is 2.62 bits per heavy atom. The highest BCUT2D eigenvalue weighted by Gasteiger charge is 2.18. The lowest BCUT2D eigenvalue weighted by Crippen LogP contribution is -2.45. The number of amidine groups is 1. The monoisotopic (exact) mass is 183 g/mol. The van der Waals surface area contributed by atoms with E-state index in [0.29, 0.717) is 6.10 Å². The van der Waals surface area contributed by atoms with Crippen LogP contribution in [0.25, 0.3) is 0 Å². The molecular formula is C9H17N3O. The van der Waals surface area contributed by atoms with Gasteiger partial charge in [-0.3, -0.25) is 9.89 Å². The van der Waals surface area contributed by atoms with Crippen LogP contribution in [0.15, 0.2) is 4.99 Å². The summed E-state index contributed by atoms with van der Waals surface area (Å²) in [4.78, 5) is 6.77. The van der Waals surface area contributed by atoms with Crippen molar-refractivity contribution in [2.24, 2.45) is 4.99 Å². The van der Waals surface area contributed by atoms with Crippen molar-refractivity contribution in [2.75, 3.05) is 39.3 Å². The quantitative estimate of drug-likeness (QED) is 0.639. The number of nitrogens with zero attached hydrogens (tertiary/aromatic N) is 2. The Hall–Kier alpha value is -0.610. The molecule has 1 saturated heterocycles. The third kappa shape index (κ3) is 2.42. The van der Waals surface area contributed by atoms with Crippen LogP contribution >= 0.6 is 0 Å². The molecule has 74 valence electrons. The van der Waals surface area contributed by atoms with Gasteiger partial charge in [0, 0.05) is 19.6 Å². The summed E-state index contributed by atoms with van der Waals surface area (Å²) < 4.78 is 5.47. The topological polar surface area (TPSA) is 36.9 Å². The fourth-order valence-electron chi connectivity index (χ4n) is 1.80. The van der Waals surface area contributed by atoms with E-state index in [1.165, 1.54) is 0 Å². The van der Waals surface area contributed by atoms with Gasteiger partial charge in [0.15, 0.2) is 0 Å². The first-order chi connectivity index (χ1) is 6.34. The zero-order chi connectivity index (χ0) is 9.10. The summed E-state index contributed by atoms with van der Waals surface area (Å²) in [5.41, 5.74) is 0. The number of nitrogens with one attached hydrogen (secondary N) is 1. The second-order valence-corrected chi connectivity index (χ2v) is 3.67. The van der Waals surface area contributed by atoms with E-state index >= 15 is 0 Å². The summed E-state index contributed by atoms with van der Waals surface area (Å²) in [5, 5.41) is 3.29. The van der Waals surface area contributed by atoms with E-state index < -0.39 is 0 Å². The lowest BCUT2D eigenvalue weighted by Gasteiger charge is -2.30. The van der Waals surface area contributed by atoms with Gasteiger partial charge >= 0.3 is 0 Å². The summed E-state index contributed by atoms with van der Waals surface area (Å²) in [6.07, 6.45) is 0.371. The van der Waals surface area contributed by atoms with E-state index in [0.717, 1.165) is 45.2 Å². The Morgan fingerprint density at radius 3 is 3.31 bits per heavy atom. The van der Waals surface area contributed by atoms with E-state index in [2.05, 4.69) is 22.1 Å². The molecule has 0 bridgehead atoms. The molecule has 0 aromatic heterocycles. The number of aliphatic imine (C=N–C) groups is 1. The first-order valence-corrected chi connectivity index (χ1v) is 4.96. The van der Waals surface area contributed by atoms with E-state index in [1.807, 2.05) is 0 Å². The normalized spacial score (nSPS) is 29.9. The van der Waals surface area contributed by atoms with Crippen molar-refractivity contribution in [3.63, 3.8) is 0 Å². The van der Waals surface area contributed by atoms with Crippen LogP contribution in [0.2, 0.25) is 0 Å². The van der Waals surface area contributed by atoms with Gasteiger partial charge in [0.1, 0.15) is 5.84 Å². The zero-order valence-electron chi connectivity index (χ0n) is 8.12. The fourth-order valence-corrected chi connectivity index (χ4v) is 1.80. The van der Waals surface area contributed by atoms with Crippen LogP contribution in [0.5, 0.6) is 0 Å². The van der Waals surface area contributed by atoms with Crippen LogP contribution in [0.3, 0.4) is 0 Å². The fraction of sp³-hybridized carbons (Fsp3) is 0.889. The third-order valence-corrected chi connectivity index (χ3v) is 2.44. The smallest absolute Gasteiger partial charge is 0.111 e. The Kier molecular flexibility index (Phi) is 2.80. The van der Waals surface area contributed by atoms with Crippen LogP contribution in [-0.2, 0) is 4.74 Å². The molecule has 1 unspecified atom stereocenters. The highest BCUT2D eigenvalue weighted by molar-refractivity contribution is 5.85. The van der Waals surface area contributed by atoms with E-state index in [9.17, 15) is 0 Å². The third-order valence-electron chi connectivity index (χ3n) is 2.44. The minimum absolute atomic E-state index is 0.371. The maximum Gasteiger partial charge on any atom is 0.111 e. The van der Waals surface area contributed by atoms with E-state index in [1.54, 1.807) is 0 Å². The average molecular weight is 183 g/mol. The molecule has 4 heteroatoms. The molecule has 4 nitrogen and oxygen atoms in total. The summed E-state index contributed by atoms with van der Waals surface area (Å²) in [5.74, 6) is 1.15. The van der Waals surface area contributed by atoms with Crippen LogP contribution < -0.4 is 5.32 Å². The SMILES string of the molecule is CC1CN(CC2=NCCN2)CCO1. The number of morpholine rings is 1. The van der Waals surface area contributed by atoms with Crippen molar-refractivity contribution < 1.29 is 4.74 Å². The van der Waals surface area contributed by atoms with Gasteiger partial charge in [0.25, 0.3) is 0 Å². The highest BCUT2D eigenvalue weighted by atomic mass is 16.5. The lowest BCUT2D eigenvalue weighted by molar-refractivity contribution is -0.0127. The second-order valence-electron chi connectivity index (χ2n) is 3.67. The van der Waals surface area contributed by atoms with Crippen molar-refractivity contribution in [1.82, 2.24) is 10.2 Å². The molecule has 2 heterocycles. The first kappa shape index (κ1) is 8.97. The molecule has 1 atom stereocenters. The van der Waals surface area contributed by atoms with Crippen LogP contribution in [0, 0.1) is 0 Å². The molecule has 0 radical (unpaired) electrons. The number of hydrogen-bond donors (Lipinski definition) is 1. The van der Waals surface area contributed by atoms with E-state index in [4.69, 9.17) is 4.74 Å². The largest absolute Gasteiger partial charge is 0.376 e. The van der Waals surface area contributed by atoms with Gasteiger partial charge in [-0.05, 0) is 6.92 Å². The van der Waals surface area contributed by atoms with Gasteiger partial charge in [-0.25, -0.2) is 0 Å². The zero-order valence-corrected chi connectivity index (χ0v) is 8.12. The molecule has 0 aromatic rings. The summed E-state index contributed by atoms with van der Waals surface area (Å²) in [6, 6.07) is 0. The molecule has 0 aliphatic carbocycles. The average Bonchev–Trinajstić information content (AvgIpc) is 2.57. The summed E-state index contributed by atoms with van der Waals surface area (Å²) in [6.45, 7) is 7.95. The van der Waals surface area contributed by atoms with Crippen LogP contribution in [-0.4, -0.2) is 56.2 Å². The van der Waals surface area contributed by atoms with Gasteiger partial charge in [-0.1, -0.05) is 0 Å². The van der Waals surface area contributed by atoms with Crippen LogP contribution in [0.1, 0.15) is 6.92 Å². The minimum atomic E-state index is 0.371. The Bertz CT molecular complexity index is 205. The molecule has 0 amide bonds.